The highest BCUT2D eigenvalue weighted by atomic mass is 32.1. The van der Waals surface area contributed by atoms with E-state index in [1.807, 2.05) is 0 Å². The van der Waals surface area contributed by atoms with Gasteiger partial charge >= 0.3 is 0 Å². The molecule has 0 saturated heterocycles. The molecule has 0 bridgehead atoms. The van der Waals surface area contributed by atoms with Gasteiger partial charge in [0.1, 0.15) is 5.82 Å². The SMILES string of the molecule is Fc1cncc(/C=C/c2nnc(CCCc3cccs3)o2)c1. The molecule has 0 unspecified atom stereocenters. The standard InChI is InChI=1S/C16H14FN3OS/c17-13-9-12(10-18-11-13)6-7-16-20-19-15(21-16)5-1-3-14-4-2-8-22-14/h2,4,6-11H,1,3,5H2/b7-6+. The quantitative estimate of drug-likeness (QED) is 0.689. The predicted molar refractivity (Wildman–Crippen MR) is 83.8 cm³/mol. The average Bonchev–Trinajstić information content (AvgIpc) is 3.17. The van der Waals surface area contributed by atoms with Crippen LogP contribution in [-0.2, 0) is 12.8 Å². The van der Waals surface area contributed by atoms with Crippen LogP contribution in [0.3, 0.4) is 0 Å². The van der Waals surface area contributed by atoms with Crippen molar-refractivity contribution >= 4 is 23.5 Å². The largest absolute Gasteiger partial charge is 0.421 e. The molecule has 3 aromatic heterocycles. The molecule has 4 nitrogen and oxygen atoms in total. The molecule has 22 heavy (non-hydrogen) atoms. The number of aryl methyl sites for hydroxylation is 2. The molecule has 0 radical (unpaired) electrons. The summed E-state index contributed by atoms with van der Waals surface area (Å²) in [5.41, 5.74) is 0.650. The van der Waals surface area contributed by atoms with Crippen molar-refractivity contribution < 1.29 is 8.81 Å². The van der Waals surface area contributed by atoms with Gasteiger partial charge in [0, 0.05) is 23.6 Å². The van der Waals surface area contributed by atoms with E-state index in [9.17, 15) is 4.39 Å². The van der Waals surface area contributed by atoms with Gasteiger partial charge in [-0.15, -0.1) is 21.5 Å². The molecular weight excluding hydrogens is 301 g/mol. The van der Waals surface area contributed by atoms with Crippen LogP contribution in [0.2, 0.25) is 0 Å². The van der Waals surface area contributed by atoms with E-state index >= 15 is 0 Å². The van der Waals surface area contributed by atoms with E-state index in [-0.39, 0.29) is 5.82 Å². The molecule has 0 aliphatic rings. The Balaban J connectivity index is 1.54. The van der Waals surface area contributed by atoms with E-state index in [0.717, 1.165) is 25.5 Å². The molecule has 3 aromatic rings. The van der Waals surface area contributed by atoms with Crippen molar-refractivity contribution in [3.63, 3.8) is 0 Å². The smallest absolute Gasteiger partial charge is 0.240 e. The molecule has 0 aliphatic carbocycles. The van der Waals surface area contributed by atoms with E-state index in [4.69, 9.17) is 4.42 Å². The summed E-state index contributed by atoms with van der Waals surface area (Å²) in [5, 5.41) is 10.0. The van der Waals surface area contributed by atoms with Gasteiger partial charge in [-0.1, -0.05) is 6.07 Å². The summed E-state index contributed by atoms with van der Waals surface area (Å²) in [6.45, 7) is 0. The van der Waals surface area contributed by atoms with Crippen LogP contribution in [0, 0.1) is 5.82 Å². The first-order chi connectivity index (χ1) is 10.8. The van der Waals surface area contributed by atoms with Gasteiger partial charge in [-0.2, -0.15) is 0 Å². The van der Waals surface area contributed by atoms with Gasteiger partial charge in [-0.3, -0.25) is 4.98 Å². The Labute approximate surface area is 131 Å². The van der Waals surface area contributed by atoms with Crippen LogP contribution in [0.4, 0.5) is 4.39 Å². The van der Waals surface area contributed by atoms with E-state index in [0.29, 0.717) is 17.3 Å². The van der Waals surface area contributed by atoms with E-state index in [1.54, 1.807) is 29.7 Å². The number of hydrogen-bond acceptors (Lipinski definition) is 5. The zero-order chi connectivity index (χ0) is 15.2. The molecule has 0 amide bonds. The molecule has 0 fully saturated rings. The second-order valence-corrected chi connectivity index (χ2v) is 5.77. The fourth-order valence-corrected chi connectivity index (χ4v) is 2.74. The van der Waals surface area contributed by atoms with Gasteiger partial charge in [-0.05, 0) is 42.0 Å². The van der Waals surface area contributed by atoms with Crippen LogP contribution < -0.4 is 0 Å². The zero-order valence-corrected chi connectivity index (χ0v) is 12.6. The summed E-state index contributed by atoms with van der Waals surface area (Å²) >= 11 is 1.76. The minimum atomic E-state index is -0.373. The highest BCUT2D eigenvalue weighted by Gasteiger charge is 2.04. The molecule has 6 heteroatoms. The maximum Gasteiger partial charge on any atom is 0.240 e. The molecule has 3 rings (SSSR count). The van der Waals surface area contributed by atoms with Crippen molar-refractivity contribution in [2.45, 2.75) is 19.3 Å². The fraction of sp³-hybridized carbons (Fsp3) is 0.188. The fourth-order valence-electron chi connectivity index (χ4n) is 1.99. The van der Waals surface area contributed by atoms with Gasteiger partial charge in [0.15, 0.2) is 0 Å². The Bertz CT molecular complexity index is 752. The summed E-state index contributed by atoms with van der Waals surface area (Å²) in [7, 11) is 0. The number of hydrogen-bond donors (Lipinski definition) is 0. The third-order valence-electron chi connectivity index (χ3n) is 3.02. The molecule has 0 aromatic carbocycles. The third kappa shape index (κ3) is 4.08. The summed E-state index contributed by atoms with van der Waals surface area (Å²) in [5.74, 6) is 0.658. The van der Waals surface area contributed by atoms with E-state index < -0.39 is 0 Å². The normalized spacial score (nSPS) is 11.3. The Morgan fingerprint density at radius 2 is 2.14 bits per heavy atom. The van der Waals surface area contributed by atoms with Crippen LogP contribution in [0.5, 0.6) is 0 Å². The maximum absolute atomic E-state index is 13.0. The van der Waals surface area contributed by atoms with Crippen molar-refractivity contribution in [2.24, 2.45) is 0 Å². The van der Waals surface area contributed by atoms with Gasteiger partial charge in [0.05, 0.1) is 6.20 Å². The van der Waals surface area contributed by atoms with Crippen LogP contribution in [-0.4, -0.2) is 15.2 Å². The summed E-state index contributed by atoms with van der Waals surface area (Å²) in [6, 6.07) is 5.57. The van der Waals surface area contributed by atoms with E-state index in [2.05, 4.69) is 32.7 Å². The van der Waals surface area contributed by atoms with Gasteiger partial charge in [0.25, 0.3) is 0 Å². The molecule has 0 aliphatic heterocycles. The average molecular weight is 315 g/mol. The second-order valence-electron chi connectivity index (χ2n) is 4.74. The monoisotopic (exact) mass is 315 g/mol. The van der Waals surface area contributed by atoms with Crippen molar-refractivity contribution in [2.75, 3.05) is 0 Å². The Hall–Kier alpha value is -2.34. The van der Waals surface area contributed by atoms with Gasteiger partial charge in [0.2, 0.25) is 11.8 Å². The van der Waals surface area contributed by atoms with Crippen LogP contribution in [0.15, 0.2) is 40.4 Å². The van der Waals surface area contributed by atoms with Crippen LogP contribution in [0.1, 0.15) is 28.6 Å². The zero-order valence-electron chi connectivity index (χ0n) is 11.8. The maximum atomic E-state index is 13.0. The number of halogens is 1. The first kappa shape index (κ1) is 14.6. The summed E-state index contributed by atoms with van der Waals surface area (Å²) in [4.78, 5) is 5.13. The lowest BCUT2D eigenvalue weighted by Gasteiger charge is -1.94. The highest BCUT2D eigenvalue weighted by molar-refractivity contribution is 7.09. The Kier molecular flexibility index (Phi) is 4.70. The number of nitrogens with zero attached hydrogens (tertiary/aromatic N) is 3. The van der Waals surface area contributed by atoms with Crippen molar-refractivity contribution in [3.05, 3.63) is 64.0 Å². The topological polar surface area (TPSA) is 51.8 Å². The molecule has 0 saturated carbocycles. The molecule has 0 spiro atoms. The lowest BCUT2D eigenvalue weighted by Crippen LogP contribution is -1.88. The third-order valence-corrected chi connectivity index (χ3v) is 3.96. The van der Waals surface area contributed by atoms with Crippen LogP contribution in [0.25, 0.3) is 12.2 Å². The number of pyridine rings is 1. The lowest BCUT2D eigenvalue weighted by atomic mass is 10.2. The number of aromatic nitrogens is 3. The Morgan fingerprint density at radius 3 is 2.95 bits per heavy atom. The van der Waals surface area contributed by atoms with Crippen LogP contribution >= 0.6 is 11.3 Å². The van der Waals surface area contributed by atoms with Crippen molar-refractivity contribution in [1.29, 1.82) is 0 Å². The first-order valence-corrected chi connectivity index (χ1v) is 7.81. The van der Waals surface area contributed by atoms with Gasteiger partial charge in [-0.25, -0.2) is 4.39 Å². The molecule has 3 heterocycles. The second kappa shape index (κ2) is 7.09. The molecule has 0 N–H and O–H groups in total. The predicted octanol–water partition coefficient (Wildman–Crippen LogP) is 4.01. The Morgan fingerprint density at radius 1 is 1.18 bits per heavy atom. The van der Waals surface area contributed by atoms with E-state index in [1.165, 1.54) is 10.9 Å². The minimum absolute atomic E-state index is 0.373. The molecular formula is C16H14FN3OS. The van der Waals surface area contributed by atoms with Crippen molar-refractivity contribution in [3.8, 4) is 0 Å². The highest BCUT2D eigenvalue weighted by Crippen LogP contribution is 2.13. The summed E-state index contributed by atoms with van der Waals surface area (Å²) in [6.07, 6.45) is 8.82. The number of thiophene rings is 1. The van der Waals surface area contributed by atoms with Crippen molar-refractivity contribution in [1.82, 2.24) is 15.2 Å². The number of rotatable bonds is 6. The molecule has 0 atom stereocenters. The first-order valence-electron chi connectivity index (χ1n) is 6.93. The summed E-state index contributed by atoms with van der Waals surface area (Å²) < 4.78 is 18.5. The minimum Gasteiger partial charge on any atom is -0.421 e. The molecule has 112 valence electrons. The van der Waals surface area contributed by atoms with Gasteiger partial charge < -0.3 is 4.42 Å². The lowest BCUT2D eigenvalue weighted by molar-refractivity contribution is 0.479.